The van der Waals surface area contributed by atoms with Crippen molar-refractivity contribution in [3.8, 4) is 11.5 Å². The van der Waals surface area contributed by atoms with Gasteiger partial charge in [0.15, 0.2) is 0 Å². The van der Waals surface area contributed by atoms with Gasteiger partial charge in [0.25, 0.3) is 0 Å². The minimum absolute atomic E-state index is 0.0606. The van der Waals surface area contributed by atoms with Gasteiger partial charge >= 0.3 is 0 Å². The summed E-state index contributed by atoms with van der Waals surface area (Å²) in [4.78, 5) is 12.3. The largest absolute Gasteiger partial charge is 0.497 e. The molecule has 1 aliphatic heterocycles. The van der Waals surface area contributed by atoms with Crippen molar-refractivity contribution < 1.29 is 14.3 Å². The van der Waals surface area contributed by atoms with Gasteiger partial charge in [-0.05, 0) is 38.4 Å². The molecule has 5 nitrogen and oxygen atoms in total. The fraction of sp³-hybridized carbons (Fsp3) is 0.562. The summed E-state index contributed by atoms with van der Waals surface area (Å²) in [5.74, 6) is 1.63. The number of piperidine rings is 1. The lowest BCUT2D eigenvalue weighted by atomic mass is 9.97. The van der Waals surface area contributed by atoms with E-state index in [-0.39, 0.29) is 17.9 Å². The first-order chi connectivity index (χ1) is 10.2. The third kappa shape index (κ3) is 3.88. The van der Waals surface area contributed by atoms with E-state index >= 15 is 0 Å². The Balaban J connectivity index is 2.05. The third-order valence-corrected chi connectivity index (χ3v) is 3.93. The molecule has 2 atom stereocenters. The number of methoxy groups -OCH3 is 2. The Morgan fingerprint density at radius 1 is 1.38 bits per heavy atom. The van der Waals surface area contributed by atoms with Crippen molar-refractivity contribution >= 4 is 5.91 Å². The highest BCUT2D eigenvalue weighted by Crippen LogP contribution is 2.29. The van der Waals surface area contributed by atoms with Crippen LogP contribution in [0, 0.1) is 5.92 Å². The van der Waals surface area contributed by atoms with Crippen LogP contribution in [0.5, 0.6) is 11.5 Å². The zero-order valence-corrected chi connectivity index (χ0v) is 12.9. The molecule has 1 heterocycles. The molecule has 1 aromatic rings. The summed E-state index contributed by atoms with van der Waals surface area (Å²) in [6.07, 6.45) is 2.00. The van der Waals surface area contributed by atoms with Gasteiger partial charge in [0.05, 0.1) is 26.2 Å². The van der Waals surface area contributed by atoms with E-state index in [0.29, 0.717) is 0 Å². The van der Waals surface area contributed by atoms with Crippen LogP contribution in [0.15, 0.2) is 18.2 Å². The second kappa shape index (κ2) is 7.31. The summed E-state index contributed by atoms with van der Waals surface area (Å²) < 4.78 is 10.6. The zero-order valence-electron chi connectivity index (χ0n) is 12.9. The van der Waals surface area contributed by atoms with Crippen LogP contribution in [0.4, 0.5) is 0 Å². The fourth-order valence-electron chi connectivity index (χ4n) is 2.66. The highest BCUT2D eigenvalue weighted by atomic mass is 16.5. The normalized spacial score (nSPS) is 19.7. The highest BCUT2D eigenvalue weighted by molar-refractivity contribution is 5.79. The maximum absolute atomic E-state index is 12.3. The number of amides is 1. The van der Waals surface area contributed by atoms with Crippen molar-refractivity contribution in [2.24, 2.45) is 5.92 Å². The third-order valence-electron chi connectivity index (χ3n) is 3.93. The topological polar surface area (TPSA) is 59.6 Å². The van der Waals surface area contributed by atoms with Gasteiger partial charge in [-0.3, -0.25) is 4.79 Å². The summed E-state index contributed by atoms with van der Waals surface area (Å²) in [5.41, 5.74) is 0.954. The number of hydrogen-bond acceptors (Lipinski definition) is 4. The lowest BCUT2D eigenvalue weighted by Gasteiger charge is -2.25. The maximum atomic E-state index is 12.3. The molecule has 1 amide bonds. The van der Waals surface area contributed by atoms with Crippen molar-refractivity contribution in [3.63, 3.8) is 0 Å². The monoisotopic (exact) mass is 292 g/mol. The van der Waals surface area contributed by atoms with Crippen LogP contribution in [0.25, 0.3) is 0 Å². The van der Waals surface area contributed by atoms with Crippen molar-refractivity contribution in [2.75, 3.05) is 27.3 Å². The molecule has 1 aromatic carbocycles. The first-order valence-corrected chi connectivity index (χ1v) is 7.38. The SMILES string of the molecule is COc1ccc(C(C)NC(=O)[C@H]2CCCNC2)c(OC)c1. The van der Waals surface area contributed by atoms with Gasteiger partial charge in [-0.15, -0.1) is 0 Å². The van der Waals surface area contributed by atoms with Gasteiger partial charge in [0.2, 0.25) is 5.91 Å². The van der Waals surface area contributed by atoms with Crippen LogP contribution in [-0.2, 0) is 4.79 Å². The second-order valence-corrected chi connectivity index (χ2v) is 5.38. The molecule has 2 rings (SSSR count). The molecule has 1 saturated heterocycles. The molecule has 21 heavy (non-hydrogen) atoms. The van der Waals surface area contributed by atoms with Crippen LogP contribution in [-0.4, -0.2) is 33.2 Å². The van der Waals surface area contributed by atoms with E-state index in [1.54, 1.807) is 14.2 Å². The van der Waals surface area contributed by atoms with Crippen LogP contribution < -0.4 is 20.1 Å². The second-order valence-electron chi connectivity index (χ2n) is 5.38. The molecule has 2 N–H and O–H groups in total. The van der Waals surface area contributed by atoms with Crippen molar-refractivity contribution in [1.29, 1.82) is 0 Å². The summed E-state index contributed by atoms with van der Waals surface area (Å²) in [7, 11) is 3.24. The number of hydrogen-bond donors (Lipinski definition) is 2. The van der Waals surface area contributed by atoms with E-state index in [9.17, 15) is 4.79 Å². The van der Waals surface area contributed by atoms with Crippen LogP contribution >= 0.6 is 0 Å². The Labute approximate surface area is 126 Å². The number of ether oxygens (including phenoxy) is 2. The van der Waals surface area contributed by atoms with E-state index in [2.05, 4.69) is 10.6 Å². The Morgan fingerprint density at radius 2 is 2.19 bits per heavy atom. The first-order valence-electron chi connectivity index (χ1n) is 7.38. The molecule has 1 aliphatic rings. The van der Waals surface area contributed by atoms with Crippen molar-refractivity contribution in [2.45, 2.75) is 25.8 Å². The van der Waals surface area contributed by atoms with Gasteiger partial charge in [-0.1, -0.05) is 0 Å². The molecule has 0 aromatic heterocycles. The predicted molar refractivity (Wildman–Crippen MR) is 81.7 cm³/mol. The average molecular weight is 292 g/mol. The quantitative estimate of drug-likeness (QED) is 0.870. The van der Waals surface area contributed by atoms with E-state index in [4.69, 9.17) is 9.47 Å². The average Bonchev–Trinajstić information content (AvgIpc) is 2.54. The smallest absolute Gasteiger partial charge is 0.224 e. The Hall–Kier alpha value is -1.75. The number of rotatable bonds is 5. The fourth-order valence-corrected chi connectivity index (χ4v) is 2.66. The minimum atomic E-state index is -0.0970. The lowest BCUT2D eigenvalue weighted by Crippen LogP contribution is -2.41. The van der Waals surface area contributed by atoms with E-state index < -0.39 is 0 Å². The molecule has 0 spiro atoms. The molecule has 1 fully saturated rings. The van der Waals surface area contributed by atoms with Gasteiger partial charge < -0.3 is 20.1 Å². The number of carbonyl (C=O) groups is 1. The molecule has 0 aliphatic carbocycles. The zero-order chi connectivity index (χ0) is 15.2. The number of nitrogens with one attached hydrogen (secondary N) is 2. The van der Waals surface area contributed by atoms with Crippen molar-refractivity contribution in [1.82, 2.24) is 10.6 Å². The molecule has 1 unspecified atom stereocenters. The minimum Gasteiger partial charge on any atom is -0.497 e. The lowest BCUT2D eigenvalue weighted by molar-refractivity contribution is -0.126. The van der Waals surface area contributed by atoms with Crippen molar-refractivity contribution in [3.05, 3.63) is 23.8 Å². The van der Waals surface area contributed by atoms with Crippen LogP contribution in [0.2, 0.25) is 0 Å². The highest BCUT2D eigenvalue weighted by Gasteiger charge is 2.23. The Kier molecular flexibility index (Phi) is 5.44. The predicted octanol–water partition coefficient (Wildman–Crippen LogP) is 1.88. The van der Waals surface area contributed by atoms with Crippen LogP contribution in [0.1, 0.15) is 31.4 Å². The number of benzene rings is 1. The standard InChI is InChI=1S/C16H24N2O3/c1-11(18-16(19)12-5-4-8-17-10-12)14-7-6-13(20-2)9-15(14)21-3/h6-7,9,11-12,17H,4-5,8,10H2,1-3H3,(H,18,19)/t11?,12-/m0/s1. The van der Waals surface area contributed by atoms with E-state index in [1.807, 2.05) is 25.1 Å². The Bertz CT molecular complexity index is 484. The molecule has 5 heteroatoms. The summed E-state index contributed by atoms with van der Waals surface area (Å²) >= 11 is 0. The Morgan fingerprint density at radius 3 is 2.81 bits per heavy atom. The van der Waals surface area contributed by atoms with Gasteiger partial charge in [-0.2, -0.15) is 0 Å². The molecular weight excluding hydrogens is 268 g/mol. The summed E-state index contributed by atoms with van der Waals surface area (Å²) in [6, 6.07) is 5.55. The molecule has 0 bridgehead atoms. The molecular formula is C16H24N2O3. The van der Waals surface area contributed by atoms with Gasteiger partial charge in [0.1, 0.15) is 11.5 Å². The van der Waals surface area contributed by atoms with Crippen LogP contribution in [0.3, 0.4) is 0 Å². The summed E-state index contributed by atoms with van der Waals surface area (Å²) in [6.45, 7) is 3.74. The molecule has 116 valence electrons. The first kappa shape index (κ1) is 15.6. The molecule has 0 radical (unpaired) electrons. The summed E-state index contributed by atoms with van der Waals surface area (Å²) in [5, 5.41) is 6.34. The van der Waals surface area contributed by atoms with Gasteiger partial charge in [0, 0.05) is 18.2 Å². The van der Waals surface area contributed by atoms with E-state index in [0.717, 1.165) is 43.0 Å². The number of carbonyl (C=O) groups excluding carboxylic acids is 1. The van der Waals surface area contributed by atoms with Gasteiger partial charge in [-0.25, -0.2) is 0 Å². The maximum Gasteiger partial charge on any atom is 0.224 e. The molecule has 0 saturated carbocycles. The van der Waals surface area contributed by atoms with E-state index in [1.165, 1.54) is 0 Å².